The number of hydrogen-bond acceptors (Lipinski definition) is 4. The fourth-order valence-corrected chi connectivity index (χ4v) is 3.28. The lowest BCUT2D eigenvalue weighted by Gasteiger charge is -2.24. The van der Waals surface area contributed by atoms with Crippen LogP contribution in [0.1, 0.15) is 20.3 Å². The highest BCUT2D eigenvalue weighted by atomic mass is 32.2. The largest absolute Gasteiger partial charge is 0.398 e. The van der Waals surface area contributed by atoms with Gasteiger partial charge in [0, 0.05) is 18.3 Å². The SMILES string of the molecule is CC1CC(C)N(c2ccc(S(N)(=O)=O)c(N)c2)C1. The summed E-state index contributed by atoms with van der Waals surface area (Å²) in [4.78, 5) is 2.24. The maximum absolute atomic E-state index is 11.3. The van der Waals surface area contributed by atoms with Gasteiger partial charge in [-0.15, -0.1) is 0 Å². The van der Waals surface area contributed by atoms with E-state index in [9.17, 15) is 8.42 Å². The highest BCUT2D eigenvalue weighted by Crippen LogP contribution is 2.31. The third kappa shape index (κ3) is 2.44. The Morgan fingerprint density at radius 1 is 1.33 bits per heavy atom. The van der Waals surface area contributed by atoms with Gasteiger partial charge < -0.3 is 10.6 Å². The Bertz CT molecular complexity index is 556. The molecule has 0 saturated carbocycles. The second-order valence-corrected chi connectivity index (χ2v) is 6.64. The Morgan fingerprint density at radius 3 is 2.44 bits per heavy atom. The van der Waals surface area contributed by atoms with Crippen LogP contribution in [0.3, 0.4) is 0 Å². The van der Waals surface area contributed by atoms with Gasteiger partial charge in [-0.25, -0.2) is 13.6 Å². The maximum Gasteiger partial charge on any atom is 0.240 e. The van der Waals surface area contributed by atoms with Crippen LogP contribution in [0.15, 0.2) is 23.1 Å². The summed E-state index contributed by atoms with van der Waals surface area (Å²) in [5, 5.41) is 5.09. The van der Waals surface area contributed by atoms with Crippen molar-refractivity contribution in [3.8, 4) is 0 Å². The number of rotatable bonds is 2. The molecule has 1 fully saturated rings. The van der Waals surface area contributed by atoms with Crippen molar-refractivity contribution in [2.75, 3.05) is 17.2 Å². The quantitative estimate of drug-likeness (QED) is 0.788. The molecule has 0 amide bonds. The van der Waals surface area contributed by atoms with Gasteiger partial charge in [-0.05, 0) is 37.5 Å². The average Bonchev–Trinajstić information content (AvgIpc) is 2.55. The molecule has 1 aromatic rings. The summed E-state index contributed by atoms with van der Waals surface area (Å²) in [5.74, 6) is 0.638. The first-order chi connectivity index (χ1) is 8.29. The number of nitrogen functional groups attached to an aromatic ring is 1. The van der Waals surface area contributed by atoms with Crippen molar-refractivity contribution in [2.45, 2.75) is 31.2 Å². The molecule has 0 bridgehead atoms. The molecule has 0 aliphatic carbocycles. The molecule has 1 saturated heterocycles. The molecule has 6 heteroatoms. The Balaban J connectivity index is 2.35. The summed E-state index contributed by atoms with van der Waals surface area (Å²) in [6.07, 6.45) is 1.14. The van der Waals surface area contributed by atoms with E-state index in [1.54, 1.807) is 12.1 Å². The molecule has 4 N–H and O–H groups in total. The molecule has 1 heterocycles. The number of benzene rings is 1. The number of anilines is 2. The number of primary sulfonamides is 1. The Hall–Kier alpha value is -1.27. The third-order valence-electron chi connectivity index (χ3n) is 3.42. The van der Waals surface area contributed by atoms with Gasteiger partial charge in [0.1, 0.15) is 4.90 Å². The van der Waals surface area contributed by atoms with Crippen LogP contribution in [0.2, 0.25) is 0 Å². The smallest absolute Gasteiger partial charge is 0.240 e. The first kappa shape index (κ1) is 13.2. The van der Waals surface area contributed by atoms with Crippen LogP contribution in [-0.4, -0.2) is 21.0 Å². The minimum absolute atomic E-state index is 0.00820. The van der Waals surface area contributed by atoms with Crippen LogP contribution in [0.25, 0.3) is 0 Å². The van der Waals surface area contributed by atoms with Crippen LogP contribution >= 0.6 is 0 Å². The molecular formula is C12H19N3O2S. The van der Waals surface area contributed by atoms with Gasteiger partial charge in [-0.1, -0.05) is 6.92 Å². The summed E-state index contributed by atoms with van der Waals surface area (Å²) in [5.41, 5.74) is 6.93. The van der Waals surface area contributed by atoms with Gasteiger partial charge in [0.05, 0.1) is 5.69 Å². The first-order valence-electron chi connectivity index (χ1n) is 5.98. The number of nitrogens with zero attached hydrogens (tertiary/aromatic N) is 1. The van der Waals surface area contributed by atoms with E-state index in [-0.39, 0.29) is 10.6 Å². The molecule has 1 aromatic carbocycles. The minimum Gasteiger partial charge on any atom is -0.398 e. The van der Waals surface area contributed by atoms with Crippen LogP contribution in [0, 0.1) is 5.92 Å². The van der Waals surface area contributed by atoms with Crippen molar-refractivity contribution in [3.63, 3.8) is 0 Å². The molecular weight excluding hydrogens is 250 g/mol. The van der Waals surface area contributed by atoms with Crippen molar-refractivity contribution in [1.82, 2.24) is 0 Å². The average molecular weight is 269 g/mol. The van der Waals surface area contributed by atoms with E-state index in [1.165, 1.54) is 6.07 Å². The molecule has 1 aliphatic rings. The van der Waals surface area contributed by atoms with Crippen molar-refractivity contribution in [3.05, 3.63) is 18.2 Å². The fraction of sp³-hybridized carbons (Fsp3) is 0.500. The molecule has 0 spiro atoms. The molecule has 0 aromatic heterocycles. The van der Waals surface area contributed by atoms with Crippen molar-refractivity contribution in [1.29, 1.82) is 0 Å². The lowest BCUT2D eigenvalue weighted by molar-refractivity contribution is 0.598. The van der Waals surface area contributed by atoms with Crippen LogP contribution in [-0.2, 0) is 10.0 Å². The molecule has 18 heavy (non-hydrogen) atoms. The monoisotopic (exact) mass is 269 g/mol. The second-order valence-electron chi connectivity index (χ2n) is 5.11. The Labute approximate surface area is 108 Å². The molecule has 2 atom stereocenters. The molecule has 2 rings (SSSR count). The molecule has 1 aliphatic heterocycles. The van der Waals surface area contributed by atoms with Crippen molar-refractivity contribution < 1.29 is 8.42 Å². The zero-order valence-electron chi connectivity index (χ0n) is 10.6. The van der Waals surface area contributed by atoms with Crippen LogP contribution in [0.4, 0.5) is 11.4 Å². The fourth-order valence-electron chi connectivity index (χ4n) is 2.63. The lowest BCUT2D eigenvalue weighted by atomic mass is 10.1. The van der Waals surface area contributed by atoms with Gasteiger partial charge in [-0.2, -0.15) is 0 Å². The first-order valence-corrected chi connectivity index (χ1v) is 7.52. The summed E-state index contributed by atoms with van der Waals surface area (Å²) in [6, 6.07) is 5.38. The van der Waals surface area contributed by atoms with E-state index in [2.05, 4.69) is 18.7 Å². The number of nitrogens with two attached hydrogens (primary N) is 2. The topological polar surface area (TPSA) is 89.4 Å². The third-order valence-corrected chi connectivity index (χ3v) is 4.40. The molecule has 0 radical (unpaired) electrons. The molecule has 5 nitrogen and oxygen atoms in total. The van der Waals surface area contributed by atoms with Gasteiger partial charge in [0.15, 0.2) is 0 Å². The van der Waals surface area contributed by atoms with E-state index in [4.69, 9.17) is 10.9 Å². The molecule has 100 valence electrons. The summed E-state index contributed by atoms with van der Waals surface area (Å²) >= 11 is 0. The molecule has 2 unspecified atom stereocenters. The lowest BCUT2D eigenvalue weighted by Crippen LogP contribution is -2.27. The number of sulfonamides is 1. The summed E-state index contributed by atoms with van der Waals surface area (Å²) in [7, 11) is -3.74. The van der Waals surface area contributed by atoms with E-state index >= 15 is 0 Å². The standard InChI is InChI=1S/C12H19N3O2S/c1-8-5-9(2)15(7-8)10-3-4-12(11(13)6-10)18(14,16)17/h3-4,6,8-9H,5,7,13H2,1-2H3,(H2,14,16,17). The van der Waals surface area contributed by atoms with Gasteiger partial charge in [0.2, 0.25) is 10.0 Å². The predicted molar refractivity (Wildman–Crippen MR) is 72.8 cm³/mol. The van der Waals surface area contributed by atoms with E-state index in [1.807, 2.05) is 0 Å². The Kier molecular flexibility index (Phi) is 3.25. The van der Waals surface area contributed by atoms with Gasteiger partial charge >= 0.3 is 0 Å². The summed E-state index contributed by atoms with van der Waals surface area (Å²) in [6.45, 7) is 5.33. The second kappa shape index (κ2) is 4.44. The zero-order valence-corrected chi connectivity index (χ0v) is 11.4. The normalized spacial score (nSPS) is 24.5. The van der Waals surface area contributed by atoms with Crippen molar-refractivity contribution in [2.24, 2.45) is 11.1 Å². The Morgan fingerprint density at radius 2 is 2.00 bits per heavy atom. The van der Waals surface area contributed by atoms with E-state index < -0.39 is 10.0 Å². The highest BCUT2D eigenvalue weighted by molar-refractivity contribution is 7.89. The van der Waals surface area contributed by atoms with E-state index in [0.29, 0.717) is 12.0 Å². The minimum atomic E-state index is -3.74. The number of hydrogen-bond donors (Lipinski definition) is 2. The highest BCUT2D eigenvalue weighted by Gasteiger charge is 2.26. The van der Waals surface area contributed by atoms with Gasteiger partial charge in [0.25, 0.3) is 0 Å². The van der Waals surface area contributed by atoms with Crippen LogP contribution < -0.4 is 15.8 Å². The van der Waals surface area contributed by atoms with Crippen molar-refractivity contribution >= 4 is 21.4 Å². The zero-order chi connectivity index (χ0) is 13.5. The maximum atomic E-state index is 11.3. The van der Waals surface area contributed by atoms with Gasteiger partial charge in [-0.3, -0.25) is 0 Å². The summed E-state index contributed by atoms with van der Waals surface area (Å²) < 4.78 is 22.6. The predicted octanol–water partition coefficient (Wildman–Crippen LogP) is 1.15. The van der Waals surface area contributed by atoms with E-state index in [0.717, 1.165) is 18.7 Å². The van der Waals surface area contributed by atoms with Crippen LogP contribution in [0.5, 0.6) is 0 Å².